The summed E-state index contributed by atoms with van der Waals surface area (Å²) >= 11 is 0. The average Bonchev–Trinajstić information content (AvgIpc) is 2.77. The number of benzene rings is 2. The molecule has 0 amide bonds. The quantitative estimate of drug-likeness (QED) is 0.549. The zero-order valence-corrected chi connectivity index (χ0v) is 17.9. The molecule has 0 bridgehead atoms. The monoisotopic (exact) mass is 455 g/mol. The fraction of sp³-hybridized carbons (Fsp3) is 0.391. The second-order valence-corrected chi connectivity index (χ2v) is 6.96. The molecule has 0 unspecified atom stereocenters. The zero-order valence-electron chi connectivity index (χ0n) is 17.9. The van der Waals surface area contributed by atoms with Gasteiger partial charge in [-0.2, -0.15) is 13.2 Å². The molecule has 0 spiro atoms. The SMILES string of the molecule is CC[C@H](Cc1ccccc1)[C@@H](Oc1ccccc1)[C@H](C)OC(=O)CN.O=C(O)C(F)(F)F. The summed E-state index contributed by atoms with van der Waals surface area (Å²) in [6, 6.07) is 19.9. The van der Waals surface area contributed by atoms with Crippen molar-refractivity contribution in [3.8, 4) is 5.75 Å². The fourth-order valence-corrected chi connectivity index (χ4v) is 2.96. The lowest BCUT2D eigenvalue weighted by Crippen LogP contribution is -2.41. The molecule has 32 heavy (non-hydrogen) atoms. The summed E-state index contributed by atoms with van der Waals surface area (Å²) in [5.41, 5.74) is 6.63. The van der Waals surface area contributed by atoms with Crippen molar-refractivity contribution in [2.24, 2.45) is 11.7 Å². The molecule has 2 aromatic rings. The van der Waals surface area contributed by atoms with E-state index in [1.807, 2.05) is 55.5 Å². The maximum Gasteiger partial charge on any atom is 0.490 e. The van der Waals surface area contributed by atoms with E-state index in [1.165, 1.54) is 5.56 Å². The Morgan fingerprint density at radius 3 is 1.97 bits per heavy atom. The minimum absolute atomic E-state index is 0.127. The number of ether oxygens (including phenoxy) is 2. The number of rotatable bonds is 9. The fourth-order valence-electron chi connectivity index (χ4n) is 2.96. The molecule has 0 aliphatic heterocycles. The number of halogens is 3. The highest BCUT2D eigenvalue weighted by Crippen LogP contribution is 2.25. The van der Waals surface area contributed by atoms with Gasteiger partial charge in [0.25, 0.3) is 0 Å². The lowest BCUT2D eigenvalue weighted by Gasteiger charge is -2.31. The third-order valence-electron chi connectivity index (χ3n) is 4.53. The average molecular weight is 455 g/mol. The van der Waals surface area contributed by atoms with Crippen molar-refractivity contribution in [1.82, 2.24) is 0 Å². The molecule has 3 atom stereocenters. The van der Waals surface area contributed by atoms with Crippen molar-refractivity contribution < 1.29 is 37.3 Å². The second-order valence-electron chi connectivity index (χ2n) is 6.96. The summed E-state index contributed by atoms with van der Waals surface area (Å²) in [6.07, 6.45) is -3.94. The highest BCUT2D eigenvalue weighted by molar-refractivity contribution is 5.73. The molecule has 0 aromatic heterocycles. The van der Waals surface area contributed by atoms with Crippen LogP contribution in [0.3, 0.4) is 0 Å². The number of para-hydroxylation sites is 1. The van der Waals surface area contributed by atoms with Gasteiger partial charge >= 0.3 is 18.1 Å². The molecule has 2 aromatic carbocycles. The molecule has 2 rings (SSSR count). The van der Waals surface area contributed by atoms with Crippen molar-refractivity contribution in [1.29, 1.82) is 0 Å². The number of carboxylic acids is 1. The van der Waals surface area contributed by atoms with Gasteiger partial charge in [0, 0.05) is 5.92 Å². The Morgan fingerprint density at radius 1 is 1.03 bits per heavy atom. The van der Waals surface area contributed by atoms with Crippen molar-refractivity contribution >= 4 is 11.9 Å². The molecule has 0 aliphatic rings. The first kappa shape index (κ1) is 27.0. The lowest BCUT2D eigenvalue weighted by atomic mass is 9.89. The number of aliphatic carboxylic acids is 1. The first-order chi connectivity index (χ1) is 15.1. The minimum Gasteiger partial charge on any atom is -0.486 e. The predicted molar refractivity (Wildman–Crippen MR) is 113 cm³/mol. The van der Waals surface area contributed by atoms with E-state index in [9.17, 15) is 18.0 Å². The summed E-state index contributed by atoms with van der Waals surface area (Å²) in [5, 5.41) is 7.12. The first-order valence-corrected chi connectivity index (χ1v) is 10.0. The molecule has 0 fully saturated rings. The van der Waals surface area contributed by atoms with Gasteiger partial charge in [-0.25, -0.2) is 4.79 Å². The maximum atomic E-state index is 11.6. The summed E-state index contributed by atoms with van der Waals surface area (Å²) < 4.78 is 43.4. The van der Waals surface area contributed by atoms with E-state index >= 15 is 0 Å². The molecule has 6 nitrogen and oxygen atoms in total. The highest BCUT2D eigenvalue weighted by atomic mass is 19.4. The van der Waals surface area contributed by atoms with Crippen molar-refractivity contribution in [2.75, 3.05) is 6.54 Å². The van der Waals surface area contributed by atoms with Crippen molar-refractivity contribution in [3.05, 3.63) is 66.2 Å². The Kier molecular flexibility index (Phi) is 11.3. The topological polar surface area (TPSA) is 98.9 Å². The highest BCUT2D eigenvalue weighted by Gasteiger charge is 2.38. The second kappa shape index (κ2) is 13.4. The van der Waals surface area contributed by atoms with Gasteiger partial charge in [0.2, 0.25) is 0 Å². The minimum atomic E-state index is -5.08. The van der Waals surface area contributed by atoms with E-state index in [1.54, 1.807) is 0 Å². The van der Waals surface area contributed by atoms with E-state index in [2.05, 4.69) is 19.1 Å². The predicted octanol–water partition coefficient (Wildman–Crippen LogP) is 4.23. The van der Waals surface area contributed by atoms with Crippen LogP contribution in [0.2, 0.25) is 0 Å². The van der Waals surface area contributed by atoms with Gasteiger partial charge in [0.05, 0.1) is 6.54 Å². The van der Waals surface area contributed by atoms with Gasteiger partial charge in [-0.1, -0.05) is 55.5 Å². The van der Waals surface area contributed by atoms with Gasteiger partial charge in [0.15, 0.2) is 0 Å². The van der Waals surface area contributed by atoms with Crippen LogP contribution in [-0.2, 0) is 20.7 Å². The van der Waals surface area contributed by atoms with Crippen LogP contribution in [-0.4, -0.2) is 42.0 Å². The Bertz CT molecular complexity index is 815. The van der Waals surface area contributed by atoms with E-state index < -0.39 is 18.1 Å². The van der Waals surface area contributed by atoms with Crippen LogP contribution in [0.1, 0.15) is 25.8 Å². The van der Waals surface area contributed by atoms with Crippen LogP contribution in [0.25, 0.3) is 0 Å². The smallest absolute Gasteiger partial charge is 0.486 e. The van der Waals surface area contributed by atoms with Crippen molar-refractivity contribution in [2.45, 2.75) is 45.1 Å². The molecular formula is C23H28F3NO5. The normalized spacial score (nSPS) is 13.7. The number of hydrogen-bond donors (Lipinski definition) is 2. The zero-order chi connectivity index (χ0) is 24.1. The van der Waals surface area contributed by atoms with Crippen LogP contribution < -0.4 is 10.5 Å². The van der Waals surface area contributed by atoms with Gasteiger partial charge in [0.1, 0.15) is 18.0 Å². The largest absolute Gasteiger partial charge is 0.490 e. The van der Waals surface area contributed by atoms with Gasteiger partial charge in [-0.15, -0.1) is 0 Å². The van der Waals surface area contributed by atoms with Gasteiger partial charge in [-0.3, -0.25) is 4.79 Å². The molecule has 0 radical (unpaired) electrons. The number of nitrogens with two attached hydrogens (primary N) is 1. The lowest BCUT2D eigenvalue weighted by molar-refractivity contribution is -0.192. The van der Waals surface area contributed by atoms with E-state index in [4.69, 9.17) is 25.1 Å². The third-order valence-corrected chi connectivity index (χ3v) is 4.53. The molecule has 0 saturated carbocycles. The molecular weight excluding hydrogens is 427 g/mol. The van der Waals surface area contributed by atoms with E-state index in [0.717, 1.165) is 18.6 Å². The number of carboxylic acid groups (broad SMARTS) is 1. The number of alkyl halides is 3. The standard InChI is InChI=1S/C21H27NO3.C2HF3O2/c1-3-18(14-17-10-6-4-7-11-17)21(16(2)24-20(23)15-22)25-19-12-8-5-9-13-19;3-2(4,5)1(6)7/h4-13,16,18,21H,3,14-15,22H2,1-2H3;(H,6,7)/t16-,18+,21-;/m0./s1. The molecule has 0 aliphatic carbocycles. The van der Waals surface area contributed by atoms with Gasteiger partial charge < -0.3 is 20.3 Å². The van der Waals surface area contributed by atoms with Crippen molar-refractivity contribution in [3.63, 3.8) is 0 Å². The summed E-state index contributed by atoms with van der Waals surface area (Å²) in [4.78, 5) is 20.5. The summed E-state index contributed by atoms with van der Waals surface area (Å²) in [7, 11) is 0. The number of carbonyl (C=O) groups is 2. The van der Waals surface area contributed by atoms with Crippen LogP contribution in [0, 0.1) is 5.92 Å². The van der Waals surface area contributed by atoms with E-state index in [-0.39, 0.29) is 24.7 Å². The number of carbonyl (C=O) groups excluding carboxylic acids is 1. The Morgan fingerprint density at radius 2 is 1.53 bits per heavy atom. The molecule has 3 N–H and O–H groups in total. The summed E-state index contributed by atoms with van der Waals surface area (Å²) in [5.74, 6) is -2.19. The summed E-state index contributed by atoms with van der Waals surface area (Å²) in [6.45, 7) is 3.87. The Hall–Kier alpha value is -3.07. The molecule has 0 saturated heterocycles. The maximum absolute atomic E-state index is 11.6. The number of esters is 1. The van der Waals surface area contributed by atoms with Crippen LogP contribution in [0.4, 0.5) is 13.2 Å². The molecule has 9 heteroatoms. The van der Waals surface area contributed by atoms with Crippen LogP contribution in [0.5, 0.6) is 5.75 Å². The van der Waals surface area contributed by atoms with Gasteiger partial charge in [-0.05, 0) is 37.5 Å². The number of hydrogen-bond acceptors (Lipinski definition) is 5. The Labute approximate surface area is 185 Å². The molecule has 176 valence electrons. The van der Waals surface area contributed by atoms with E-state index in [0.29, 0.717) is 0 Å². The third kappa shape index (κ3) is 9.82. The first-order valence-electron chi connectivity index (χ1n) is 10.0. The van der Waals surface area contributed by atoms with Crippen LogP contribution in [0.15, 0.2) is 60.7 Å². The van der Waals surface area contributed by atoms with Crippen LogP contribution >= 0.6 is 0 Å². The Balaban J connectivity index is 0.000000633. The molecule has 0 heterocycles.